The second kappa shape index (κ2) is 8.34. The minimum atomic E-state index is 0.334. The highest BCUT2D eigenvalue weighted by Crippen LogP contribution is 2.25. The van der Waals surface area contributed by atoms with E-state index in [4.69, 9.17) is 0 Å². The normalized spacial score (nSPS) is 11.3. The Morgan fingerprint density at radius 1 is 0.900 bits per heavy atom. The first kappa shape index (κ1) is 14.5. The molecule has 1 heteroatoms. The predicted molar refractivity (Wildman–Crippen MR) is 87.0 cm³/mol. The molecule has 0 aliphatic rings. The summed E-state index contributed by atoms with van der Waals surface area (Å²) in [5, 5.41) is 3.41. The maximum absolute atomic E-state index is 3.41. The zero-order valence-electron chi connectivity index (χ0n) is 12.1. The van der Waals surface area contributed by atoms with Crippen LogP contribution < -0.4 is 5.32 Å². The van der Waals surface area contributed by atoms with Gasteiger partial charge in [-0.25, -0.2) is 0 Å². The summed E-state index contributed by atoms with van der Waals surface area (Å²) in [4.78, 5) is 0. The highest BCUT2D eigenvalue weighted by Gasteiger charge is 2.09. The van der Waals surface area contributed by atoms with Crippen molar-refractivity contribution >= 4 is 0 Å². The van der Waals surface area contributed by atoms with E-state index in [1.807, 2.05) is 0 Å². The van der Waals surface area contributed by atoms with E-state index in [1.165, 1.54) is 17.5 Å². The molecule has 2 aromatic rings. The Hall–Kier alpha value is -1.86. The van der Waals surface area contributed by atoms with Crippen LogP contribution in [0.5, 0.6) is 0 Å². The third kappa shape index (κ3) is 4.36. The summed E-state index contributed by atoms with van der Waals surface area (Å²) in [5.74, 6) is 0.334. The van der Waals surface area contributed by atoms with Crippen molar-refractivity contribution in [1.29, 1.82) is 0 Å². The molecular weight excluding hydrogens is 242 g/mol. The lowest BCUT2D eigenvalue weighted by Gasteiger charge is -2.14. The smallest absolute Gasteiger partial charge is 0.0270 e. The van der Waals surface area contributed by atoms with Gasteiger partial charge in [-0.15, -0.1) is 0 Å². The zero-order chi connectivity index (χ0) is 14.0. The lowest BCUT2D eigenvalue weighted by Crippen LogP contribution is -2.14. The molecule has 2 rings (SSSR count). The number of allylic oxidation sites excluding steroid dienone is 1. The van der Waals surface area contributed by atoms with Gasteiger partial charge >= 0.3 is 0 Å². The minimum Gasteiger partial charge on any atom is -0.313 e. The summed E-state index contributed by atoms with van der Waals surface area (Å²) in [7, 11) is 0. The maximum atomic E-state index is 3.41. The van der Waals surface area contributed by atoms with E-state index in [0.29, 0.717) is 5.92 Å². The minimum absolute atomic E-state index is 0.334. The van der Waals surface area contributed by atoms with Crippen LogP contribution in [-0.2, 0) is 0 Å². The van der Waals surface area contributed by atoms with E-state index in [-0.39, 0.29) is 0 Å². The Balaban J connectivity index is 2.13. The molecule has 0 saturated heterocycles. The molecule has 0 radical (unpaired) electrons. The lowest BCUT2D eigenvalue weighted by molar-refractivity contribution is 0.727. The van der Waals surface area contributed by atoms with E-state index in [1.54, 1.807) is 0 Å². The topological polar surface area (TPSA) is 12.0 Å². The van der Waals surface area contributed by atoms with Crippen LogP contribution in [0.3, 0.4) is 0 Å². The second-order valence-corrected chi connectivity index (χ2v) is 4.93. The van der Waals surface area contributed by atoms with Gasteiger partial charge in [0.05, 0.1) is 0 Å². The molecule has 0 fully saturated rings. The first-order valence-corrected chi connectivity index (χ1v) is 7.39. The fraction of sp³-hybridized carbons (Fsp3) is 0.263. The van der Waals surface area contributed by atoms with Crippen molar-refractivity contribution in [2.75, 3.05) is 13.1 Å². The van der Waals surface area contributed by atoms with Gasteiger partial charge in [0.2, 0.25) is 0 Å². The van der Waals surface area contributed by atoms with Crippen molar-refractivity contribution in [3.8, 4) is 0 Å². The predicted octanol–water partition coefficient (Wildman–Crippen LogP) is 4.37. The van der Waals surface area contributed by atoms with E-state index < -0.39 is 0 Å². The van der Waals surface area contributed by atoms with E-state index >= 15 is 0 Å². The lowest BCUT2D eigenvalue weighted by atomic mass is 9.91. The molecular formula is C19H23N. The summed E-state index contributed by atoms with van der Waals surface area (Å²) >= 11 is 0. The van der Waals surface area contributed by atoms with Crippen LogP contribution in [0.25, 0.3) is 0 Å². The van der Waals surface area contributed by atoms with Gasteiger partial charge in [-0.3, -0.25) is 0 Å². The molecule has 0 heterocycles. The van der Waals surface area contributed by atoms with Gasteiger partial charge in [-0.05, 0) is 24.1 Å². The summed E-state index contributed by atoms with van der Waals surface area (Å²) in [5.41, 5.74) is 2.68. The first-order valence-electron chi connectivity index (χ1n) is 7.39. The van der Waals surface area contributed by atoms with Gasteiger partial charge < -0.3 is 5.32 Å². The van der Waals surface area contributed by atoms with Gasteiger partial charge in [0, 0.05) is 12.5 Å². The van der Waals surface area contributed by atoms with Crippen LogP contribution >= 0.6 is 0 Å². The standard InChI is InChI=1S/C19H23N/c1-2-15-20-16-9-14-19(17-10-5-3-6-11-17)18-12-7-4-8-13-18/h3-14,19-20H,2,15-16H2,1H3/b14-9+. The van der Waals surface area contributed by atoms with Gasteiger partial charge in [0.15, 0.2) is 0 Å². The summed E-state index contributed by atoms with van der Waals surface area (Å²) in [6, 6.07) is 21.3. The molecule has 0 aromatic heterocycles. The van der Waals surface area contributed by atoms with Crippen molar-refractivity contribution < 1.29 is 0 Å². The van der Waals surface area contributed by atoms with Gasteiger partial charge in [0.25, 0.3) is 0 Å². The Morgan fingerprint density at radius 2 is 1.45 bits per heavy atom. The Labute approximate surface area is 122 Å². The molecule has 1 nitrogen and oxygen atoms in total. The van der Waals surface area contributed by atoms with Crippen LogP contribution in [-0.4, -0.2) is 13.1 Å². The van der Waals surface area contributed by atoms with Gasteiger partial charge in [-0.1, -0.05) is 79.7 Å². The van der Waals surface area contributed by atoms with Crippen molar-refractivity contribution in [2.24, 2.45) is 0 Å². The zero-order valence-corrected chi connectivity index (χ0v) is 12.1. The van der Waals surface area contributed by atoms with Crippen molar-refractivity contribution in [2.45, 2.75) is 19.3 Å². The van der Waals surface area contributed by atoms with E-state index in [9.17, 15) is 0 Å². The molecule has 0 amide bonds. The average Bonchev–Trinajstić information content (AvgIpc) is 2.53. The molecule has 2 aromatic carbocycles. The van der Waals surface area contributed by atoms with Crippen LogP contribution in [0, 0.1) is 0 Å². The Morgan fingerprint density at radius 3 is 1.95 bits per heavy atom. The molecule has 0 unspecified atom stereocenters. The van der Waals surface area contributed by atoms with Crippen LogP contribution in [0.15, 0.2) is 72.8 Å². The first-order chi connectivity index (χ1) is 9.92. The quantitative estimate of drug-likeness (QED) is 0.579. The third-order valence-electron chi connectivity index (χ3n) is 3.33. The Kier molecular flexibility index (Phi) is 6.07. The third-order valence-corrected chi connectivity index (χ3v) is 3.33. The summed E-state index contributed by atoms with van der Waals surface area (Å²) < 4.78 is 0. The largest absolute Gasteiger partial charge is 0.313 e. The van der Waals surface area contributed by atoms with Gasteiger partial charge in [0.1, 0.15) is 0 Å². The number of benzene rings is 2. The Bertz CT molecular complexity index is 462. The number of rotatable bonds is 7. The average molecular weight is 265 g/mol. The monoisotopic (exact) mass is 265 g/mol. The van der Waals surface area contributed by atoms with Crippen molar-refractivity contribution in [3.63, 3.8) is 0 Å². The molecule has 0 aliphatic carbocycles. The summed E-state index contributed by atoms with van der Waals surface area (Å²) in [6.07, 6.45) is 5.71. The summed E-state index contributed by atoms with van der Waals surface area (Å²) in [6.45, 7) is 4.20. The van der Waals surface area contributed by atoms with Gasteiger partial charge in [-0.2, -0.15) is 0 Å². The fourth-order valence-corrected chi connectivity index (χ4v) is 2.30. The molecule has 0 atom stereocenters. The molecule has 0 aliphatic heterocycles. The maximum Gasteiger partial charge on any atom is 0.0270 e. The molecule has 0 bridgehead atoms. The highest BCUT2D eigenvalue weighted by molar-refractivity contribution is 5.36. The van der Waals surface area contributed by atoms with E-state index in [0.717, 1.165) is 13.1 Å². The molecule has 0 saturated carbocycles. The molecule has 104 valence electrons. The highest BCUT2D eigenvalue weighted by atomic mass is 14.8. The molecule has 20 heavy (non-hydrogen) atoms. The molecule has 0 spiro atoms. The SMILES string of the molecule is CCCNC/C=C/C(c1ccccc1)c1ccccc1. The van der Waals surface area contributed by atoms with Crippen LogP contribution in [0.2, 0.25) is 0 Å². The van der Waals surface area contributed by atoms with E-state index in [2.05, 4.69) is 85.1 Å². The second-order valence-electron chi connectivity index (χ2n) is 4.93. The van der Waals surface area contributed by atoms with Crippen molar-refractivity contribution in [1.82, 2.24) is 5.32 Å². The number of nitrogens with one attached hydrogen (secondary N) is 1. The van der Waals surface area contributed by atoms with Crippen LogP contribution in [0.4, 0.5) is 0 Å². The van der Waals surface area contributed by atoms with Crippen molar-refractivity contribution in [3.05, 3.63) is 83.9 Å². The number of hydrogen-bond acceptors (Lipinski definition) is 1. The number of hydrogen-bond donors (Lipinski definition) is 1. The molecule has 1 N–H and O–H groups in total. The fourth-order valence-electron chi connectivity index (χ4n) is 2.30. The van der Waals surface area contributed by atoms with Crippen LogP contribution in [0.1, 0.15) is 30.4 Å².